The molecule has 1 aliphatic heterocycles. The first-order valence-corrected chi connectivity index (χ1v) is 7.15. The second-order valence-electron chi connectivity index (χ2n) is 4.82. The molecule has 0 unspecified atom stereocenters. The van der Waals surface area contributed by atoms with Gasteiger partial charge >= 0.3 is 0 Å². The summed E-state index contributed by atoms with van der Waals surface area (Å²) in [5, 5.41) is 23.8. The maximum Gasteiger partial charge on any atom is 0.280 e. The number of hydrogen-bond acceptors (Lipinski definition) is 5. The van der Waals surface area contributed by atoms with Crippen molar-refractivity contribution in [3.05, 3.63) is 69.3 Å². The Morgan fingerprint density at radius 1 is 1.26 bits per heavy atom. The van der Waals surface area contributed by atoms with Crippen LogP contribution in [-0.2, 0) is 0 Å². The Balaban J connectivity index is 2.35. The molecule has 0 amide bonds. The van der Waals surface area contributed by atoms with Gasteiger partial charge in [0.25, 0.3) is 5.69 Å². The molecule has 0 fully saturated rings. The van der Waals surface area contributed by atoms with Gasteiger partial charge in [-0.15, -0.1) is 0 Å². The van der Waals surface area contributed by atoms with Crippen molar-refractivity contribution in [2.75, 3.05) is 11.9 Å². The molecule has 3 rings (SSSR count). The summed E-state index contributed by atoms with van der Waals surface area (Å²) in [4.78, 5) is 15.7. The van der Waals surface area contributed by atoms with Gasteiger partial charge < -0.3 is 5.32 Å². The number of hydrogen-bond donors (Lipinski definition) is 1. The molecule has 0 aromatic heterocycles. The predicted octanol–water partition coefficient (Wildman–Crippen LogP) is 3.06. The average Bonchev–Trinajstić information content (AvgIpc) is 2.74. The molecule has 0 aliphatic carbocycles. The van der Waals surface area contributed by atoms with Crippen LogP contribution in [0.3, 0.4) is 0 Å². The van der Waals surface area contributed by atoms with Gasteiger partial charge in [0.1, 0.15) is 10.6 Å². The predicted molar refractivity (Wildman–Crippen MR) is 91.0 cm³/mol. The number of benzene rings is 2. The Hall–Kier alpha value is -3.11. The number of nitrogens with zero attached hydrogens (tertiary/aromatic N) is 3. The summed E-state index contributed by atoms with van der Waals surface area (Å²) in [7, 11) is 0. The minimum Gasteiger partial charge on any atom is -0.378 e. The Bertz CT molecular complexity index is 899. The quantitative estimate of drug-likeness (QED) is 0.521. The van der Waals surface area contributed by atoms with Crippen molar-refractivity contribution in [2.45, 2.75) is 0 Å². The molecule has 1 heterocycles. The smallest absolute Gasteiger partial charge is 0.280 e. The third kappa shape index (κ3) is 2.67. The molecular formula is C16H10N4O2S. The summed E-state index contributed by atoms with van der Waals surface area (Å²) in [6.07, 6.45) is 0. The minimum atomic E-state index is -0.459. The second kappa shape index (κ2) is 5.94. The zero-order chi connectivity index (χ0) is 16.4. The van der Waals surface area contributed by atoms with Gasteiger partial charge in [0.2, 0.25) is 0 Å². The van der Waals surface area contributed by atoms with Crippen LogP contribution in [-0.4, -0.2) is 22.2 Å². The van der Waals surface area contributed by atoms with Gasteiger partial charge in [-0.3, -0.25) is 10.1 Å². The Kier molecular flexibility index (Phi) is 3.83. The number of rotatable bonds is 2. The first-order chi connectivity index (χ1) is 11.1. The van der Waals surface area contributed by atoms with E-state index in [1.165, 1.54) is 6.07 Å². The van der Waals surface area contributed by atoms with Crippen LogP contribution in [0.25, 0.3) is 0 Å². The summed E-state index contributed by atoms with van der Waals surface area (Å²) in [5.41, 5.74) is 2.10. The molecule has 0 spiro atoms. The first kappa shape index (κ1) is 14.8. The number of benzodiazepines with no additional fused rings is 1. The lowest BCUT2D eigenvalue weighted by Gasteiger charge is -2.11. The van der Waals surface area contributed by atoms with E-state index in [4.69, 9.17) is 12.2 Å². The topological polar surface area (TPSA) is 91.3 Å². The SMILES string of the molecule is N#Cc1ccccc1C1=NC(=S)CNc2cccc([N+](=O)[O-])c21. The molecule has 112 valence electrons. The van der Waals surface area contributed by atoms with Crippen molar-refractivity contribution in [1.29, 1.82) is 5.26 Å². The van der Waals surface area contributed by atoms with E-state index in [2.05, 4.69) is 16.4 Å². The molecule has 0 saturated carbocycles. The van der Waals surface area contributed by atoms with E-state index < -0.39 is 4.92 Å². The van der Waals surface area contributed by atoms with Crippen LogP contribution in [0.2, 0.25) is 0 Å². The number of aliphatic imine (C=N–C) groups is 1. The van der Waals surface area contributed by atoms with Gasteiger partial charge in [-0.2, -0.15) is 5.26 Å². The van der Waals surface area contributed by atoms with Crippen LogP contribution in [0.1, 0.15) is 16.7 Å². The van der Waals surface area contributed by atoms with E-state index in [9.17, 15) is 15.4 Å². The summed E-state index contributed by atoms with van der Waals surface area (Å²) in [6.45, 7) is 0.307. The zero-order valence-corrected chi connectivity index (χ0v) is 12.6. The summed E-state index contributed by atoms with van der Waals surface area (Å²) in [6, 6.07) is 13.7. The van der Waals surface area contributed by atoms with Crippen LogP contribution in [0, 0.1) is 21.4 Å². The highest BCUT2D eigenvalue weighted by Crippen LogP contribution is 2.31. The van der Waals surface area contributed by atoms with Gasteiger partial charge in [-0.05, 0) is 12.1 Å². The largest absolute Gasteiger partial charge is 0.378 e. The molecule has 7 heteroatoms. The zero-order valence-electron chi connectivity index (χ0n) is 11.8. The molecule has 0 radical (unpaired) electrons. The van der Waals surface area contributed by atoms with Crippen LogP contribution in [0.5, 0.6) is 0 Å². The van der Waals surface area contributed by atoms with Crippen molar-refractivity contribution in [1.82, 2.24) is 0 Å². The molecule has 1 aliphatic rings. The number of thiocarbonyl (C=S) groups is 1. The molecule has 1 N–H and O–H groups in total. The van der Waals surface area contributed by atoms with Gasteiger partial charge in [0, 0.05) is 11.6 Å². The fraction of sp³-hybridized carbons (Fsp3) is 0.0625. The molecule has 23 heavy (non-hydrogen) atoms. The van der Waals surface area contributed by atoms with Crippen LogP contribution < -0.4 is 5.32 Å². The number of anilines is 1. The van der Waals surface area contributed by atoms with Crippen LogP contribution in [0.4, 0.5) is 11.4 Å². The lowest BCUT2D eigenvalue weighted by atomic mass is 9.95. The fourth-order valence-electron chi connectivity index (χ4n) is 2.46. The fourth-order valence-corrected chi connectivity index (χ4v) is 2.62. The highest BCUT2D eigenvalue weighted by molar-refractivity contribution is 7.80. The summed E-state index contributed by atoms with van der Waals surface area (Å²) < 4.78 is 0. The summed E-state index contributed by atoms with van der Waals surface area (Å²) in [5.74, 6) is 0. The van der Waals surface area contributed by atoms with E-state index in [-0.39, 0.29) is 5.69 Å². The normalized spacial score (nSPS) is 13.2. The molecule has 0 bridgehead atoms. The van der Waals surface area contributed by atoms with E-state index >= 15 is 0 Å². The standard InChI is InChI=1S/C16H10N4O2S/c17-8-10-4-1-2-5-11(10)16-15-12(18-9-14(23)19-16)6-3-7-13(15)20(21)22/h1-7,18H,9H2. The van der Waals surface area contributed by atoms with Crippen molar-refractivity contribution in [2.24, 2.45) is 4.99 Å². The van der Waals surface area contributed by atoms with Crippen molar-refractivity contribution in [3.8, 4) is 6.07 Å². The number of nitrogens with one attached hydrogen (secondary N) is 1. The highest BCUT2D eigenvalue weighted by Gasteiger charge is 2.27. The van der Waals surface area contributed by atoms with Crippen LogP contribution in [0.15, 0.2) is 47.5 Å². The average molecular weight is 322 g/mol. The van der Waals surface area contributed by atoms with Gasteiger partial charge in [-0.25, -0.2) is 4.99 Å². The third-order valence-electron chi connectivity index (χ3n) is 3.45. The van der Waals surface area contributed by atoms with Gasteiger partial charge in [0.05, 0.1) is 34.5 Å². The lowest BCUT2D eigenvalue weighted by molar-refractivity contribution is -0.385. The number of nitriles is 1. The Labute approximate surface area is 137 Å². The third-order valence-corrected chi connectivity index (χ3v) is 3.68. The lowest BCUT2D eigenvalue weighted by Crippen LogP contribution is -2.10. The Morgan fingerprint density at radius 3 is 2.78 bits per heavy atom. The van der Waals surface area contributed by atoms with E-state index in [0.717, 1.165) is 0 Å². The Morgan fingerprint density at radius 2 is 2.04 bits per heavy atom. The maximum atomic E-state index is 11.4. The number of nitro benzene ring substituents is 1. The molecular weight excluding hydrogens is 312 g/mol. The first-order valence-electron chi connectivity index (χ1n) is 6.74. The summed E-state index contributed by atoms with van der Waals surface area (Å²) >= 11 is 5.20. The number of nitro groups is 1. The van der Waals surface area contributed by atoms with Crippen molar-refractivity contribution in [3.63, 3.8) is 0 Å². The highest BCUT2D eigenvalue weighted by atomic mass is 32.1. The van der Waals surface area contributed by atoms with Crippen molar-refractivity contribution < 1.29 is 4.92 Å². The van der Waals surface area contributed by atoms with Gasteiger partial charge in [-0.1, -0.05) is 36.5 Å². The molecule has 2 aromatic rings. The maximum absolute atomic E-state index is 11.4. The monoisotopic (exact) mass is 322 g/mol. The molecule has 2 aromatic carbocycles. The molecule has 0 atom stereocenters. The molecule has 0 saturated heterocycles. The number of fused-ring (bicyclic) bond motifs is 1. The van der Waals surface area contributed by atoms with Crippen LogP contribution >= 0.6 is 12.2 Å². The second-order valence-corrected chi connectivity index (χ2v) is 5.29. The van der Waals surface area contributed by atoms with E-state index in [1.54, 1.807) is 36.4 Å². The minimum absolute atomic E-state index is 0.0776. The van der Waals surface area contributed by atoms with E-state index in [0.29, 0.717) is 39.6 Å². The van der Waals surface area contributed by atoms with Gasteiger partial charge in [0.15, 0.2) is 0 Å². The molecule has 6 nitrogen and oxygen atoms in total. The van der Waals surface area contributed by atoms with Crippen molar-refractivity contribution >= 4 is 34.3 Å². The van der Waals surface area contributed by atoms with E-state index in [1.807, 2.05) is 0 Å².